The van der Waals surface area contributed by atoms with Crippen LogP contribution in [-0.2, 0) is 0 Å². The number of hydrogen-bond acceptors (Lipinski definition) is 4. The lowest BCUT2D eigenvalue weighted by molar-refractivity contribution is -0.385. The molecule has 0 radical (unpaired) electrons. The van der Waals surface area contributed by atoms with Crippen molar-refractivity contribution < 1.29 is 9.31 Å². The standard InChI is InChI=1S/C15H14FN3O2/c16-12-4-1-3-11(9-12)14-5-2-8-18(14)15-7-6-13(10-17-15)19(20)21/h1,3-4,6-7,9-10,14H,2,5,8H2. The Labute approximate surface area is 121 Å². The van der Waals surface area contributed by atoms with Gasteiger partial charge in [-0.05, 0) is 36.6 Å². The topological polar surface area (TPSA) is 59.3 Å². The van der Waals surface area contributed by atoms with Crippen molar-refractivity contribution in [2.24, 2.45) is 0 Å². The van der Waals surface area contributed by atoms with Gasteiger partial charge in [0.05, 0.1) is 11.0 Å². The zero-order chi connectivity index (χ0) is 14.8. The van der Waals surface area contributed by atoms with Crippen LogP contribution in [0.25, 0.3) is 0 Å². The molecule has 1 saturated heterocycles. The SMILES string of the molecule is O=[N+]([O-])c1ccc(N2CCCC2c2cccc(F)c2)nc1. The van der Waals surface area contributed by atoms with E-state index < -0.39 is 4.92 Å². The number of halogens is 1. The molecule has 1 fully saturated rings. The molecule has 0 N–H and O–H groups in total. The van der Waals surface area contributed by atoms with Gasteiger partial charge in [-0.15, -0.1) is 0 Å². The van der Waals surface area contributed by atoms with Gasteiger partial charge in [0.15, 0.2) is 0 Å². The van der Waals surface area contributed by atoms with E-state index in [1.54, 1.807) is 12.1 Å². The Hall–Kier alpha value is -2.50. The third-order valence-corrected chi connectivity index (χ3v) is 3.72. The molecule has 0 aliphatic carbocycles. The minimum absolute atomic E-state index is 0.0275. The van der Waals surface area contributed by atoms with Crippen LogP contribution in [0.15, 0.2) is 42.6 Å². The zero-order valence-electron chi connectivity index (χ0n) is 11.3. The summed E-state index contributed by atoms with van der Waals surface area (Å²) in [6.45, 7) is 0.811. The number of pyridine rings is 1. The van der Waals surface area contributed by atoms with E-state index in [-0.39, 0.29) is 17.5 Å². The molecule has 1 aliphatic heterocycles. The van der Waals surface area contributed by atoms with E-state index in [1.165, 1.54) is 24.4 Å². The Morgan fingerprint density at radius 2 is 2.19 bits per heavy atom. The Kier molecular flexibility index (Phi) is 3.51. The van der Waals surface area contributed by atoms with Crippen LogP contribution in [0, 0.1) is 15.9 Å². The predicted molar refractivity (Wildman–Crippen MR) is 76.6 cm³/mol. The van der Waals surface area contributed by atoms with Gasteiger partial charge in [0.2, 0.25) is 0 Å². The van der Waals surface area contributed by atoms with Crippen molar-refractivity contribution in [3.05, 3.63) is 64.1 Å². The molecule has 0 spiro atoms. The summed E-state index contributed by atoms with van der Waals surface area (Å²) in [5.41, 5.74) is 0.882. The number of nitro groups is 1. The van der Waals surface area contributed by atoms with E-state index in [4.69, 9.17) is 0 Å². The highest BCUT2D eigenvalue weighted by molar-refractivity contribution is 5.46. The van der Waals surface area contributed by atoms with Crippen molar-refractivity contribution in [1.29, 1.82) is 0 Å². The predicted octanol–water partition coefficient (Wildman–Crippen LogP) is 3.47. The van der Waals surface area contributed by atoms with Gasteiger partial charge in [-0.2, -0.15) is 0 Å². The smallest absolute Gasteiger partial charge is 0.287 e. The first-order chi connectivity index (χ1) is 10.1. The summed E-state index contributed by atoms with van der Waals surface area (Å²) < 4.78 is 13.4. The van der Waals surface area contributed by atoms with E-state index in [9.17, 15) is 14.5 Å². The molecule has 1 atom stereocenters. The van der Waals surface area contributed by atoms with Crippen molar-refractivity contribution in [3.63, 3.8) is 0 Å². The Bertz CT molecular complexity index is 660. The first-order valence-electron chi connectivity index (χ1n) is 6.78. The number of nitrogens with zero attached hydrogens (tertiary/aromatic N) is 3. The molecular formula is C15H14FN3O2. The fourth-order valence-corrected chi connectivity index (χ4v) is 2.76. The van der Waals surface area contributed by atoms with Gasteiger partial charge in [0.1, 0.15) is 17.8 Å². The van der Waals surface area contributed by atoms with Crippen LogP contribution in [0.2, 0.25) is 0 Å². The van der Waals surface area contributed by atoms with Crippen molar-refractivity contribution in [2.75, 3.05) is 11.4 Å². The van der Waals surface area contributed by atoms with Crippen LogP contribution in [-0.4, -0.2) is 16.5 Å². The van der Waals surface area contributed by atoms with Gasteiger partial charge in [0, 0.05) is 12.6 Å². The molecule has 21 heavy (non-hydrogen) atoms. The molecule has 1 unspecified atom stereocenters. The number of aromatic nitrogens is 1. The summed E-state index contributed by atoms with van der Waals surface area (Å²) in [5.74, 6) is 0.434. The molecule has 2 heterocycles. The third-order valence-electron chi connectivity index (χ3n) is 3.72. The van der Waals surface area contributed by atoms with E-state index in [0.29, 0.717) is 5.82 Å². The van der Waals surface area contributed by atoms with Crippen LogP contribution in [0.1, 0.15) is 24.4 Å². The van der Waals surface area contributed by atoms with Gasteiger partial charge in [0.25, 0.3) is 5.69 Å². The Morgan fingerprint density at radius 1 is 1.33 bits per heavy atom. The van der Waals surface area contributed by atoms with Crippen LogP contribution in [0.4, 0.5) is 15.9 Å². The lowest BCUT2D eigenvalue weighted by Crippen LogP contribution is -2.23. The highest BCUT2D eigenvalue weighted by Crippen LogP contribution is 2.35. The van der Waals surface area contributed by atoms with E-state index in [0.717, 1.165) is 24.9 Å². The summed E-state index contributed by atoms with van der Waals surface area (Å²) in [4.78, 5) is 16.4. The van der Waals surface area contributed by atoms with Gasteiger partial charge >= 0.3 is 0 Å². The van der Waals surface area contributed by atoms with Gasteiger partial charge in [-0.1, -0.05) is 12.1 Å². The second-order valence-electron chi connectivity index (χ2n) is 5.04. The summed E-state index contributed by atoms with van der Waals surface area (Å²) in [6.07, 6.45) is 3.16. The van der Waals surface area contributed by atoms with E-state index in [1.807, 2.05) is 6.07 Å². The third kappa shape index (κ3) is 2.69. The quantitative estimate of drug-likeness (QED) is 0.640. The summed E-state index contributed by atoms with van der Waals surface area (Å²) >= 11 is 0. The largest absolute Gasteiger partial charge is 0.350 e. The van der Waals surface area contributed by atoms with Gasteiger partial charge in [-0.25, -0.2) is 9.37 Å². The van der Waals surface area contributed by atoms with Crippen LogP contribution < -0.4 is 4.90 Å². The summed E-state index contributed by atoms with van der Waals surface area (Å²) in [6, 6.07) is 9.72. The molecular weight excluding hydrogens is 273 g/mol. The van der Waals surface area contributed by atoms with E-state index in [2.05, 4.69) is 9.88 Å². The van der Waals surface area contributed by atoms with Crippen molar-refractivity contribution in [1.82, 2.24) is 4.98 Å². The molecule has 2 aromatic rings. The zero-order valence-corrected chi connectivity index (χ0v) is 11.3. The normalized spacial score (nSPS) is 18.0. The fraction of sp³-hybridized carbons (Fsp3) is 0.267. The number of benzene rings is 1. The highest BCUT2D eigenvalue weighted by Gasteiger charge is 2.27. The molecule has 0 amide bonds. The minimum atomic E-state index is -0.467. The minimum Gasteiger partial charge on any atom is -0.350 e. The fourth-order valence-electron chi connectivity index (χ4n) is 2.76. The summed E-state index contributed by atoms with van der Waals surface area (Å²) in [7, 11) is 0. The first-order valence-corrected chi connectivity index (χ1v) is 6.78. The summed E-state index contributed by atoms with van der Waals surface area (Å²) in [5, 5.41) is 10.7. The Morgan fingerprint density at radius 3 is 2.86 bits per heavy atom. The molecule has 3 rings (SSSR count). The molecule has 6 heteroatoms. The first kappa shape index (κ1) is 13.5. The maximum Gasteiger partial charge on any atom is 0.287 e. The van der Waals surface area contributed by atoms with Crippen LogP contribution >= 0.6 is 0 Å². The number of anilines is 1. The number of hydrogen-bond donors (Lipinski definition) is 0. The average Bonchev–Trinajstić information content (AvgIpc) is 2.97. The average molecular weight is 287 g/mol. The van der Waals surface area contributed by atoms with Crippen molar-refractivity contribution >= 4 is 11.5 Å². The molecule has 5 nitrogen and oxygen atoms in total. The molecule has 1 aromatic carbocycles. The molecule has 1 aromatic heterocycles. The molecule has 0 bridgehead atoms. The second-order valence-corrected chi connectivity index (χ2v) is 5.04. The van der Waals surface area contributed by atoms with Crippen LogP contribution in [0.3, 0.4) is 0 Å². The Balaban J connectivity index is 1.88. The highest BCUT2D eigenvalue weighted by atomic mass is 19.1. The lowest BCUT2D eigenvalue weighted by atomic mass is 10.0. The van der Waals surface area contributed by atoms with E-state index >= 15 is 0 Å². The van der Waals surface area contributed by atoms with Crippen molar-refractivity contribution in [3.8, 4) is 0 Å². The second kappa shape index (κ2) is 5.47. The van der Waals surface area contributed by atoms with Gasteiger partial charge in [-0.3, -0.25) is 10.1 Å². The van der Waals surface area contributed by atoms with Gasteiger partial charge < -0.3 is 4.90 Å². The molecule has 108 valence electrons. The monoisotopic (exact) mass is 287 g/mol. The molecule has 1 aliphatic rings. The number of rotatable bonds is 3. The van der Waals surface area contributed by atoms with Crippen molar-refractivity contribution in [2.45, 2.75) is 18.9 Å². The maximum atomic E-state index is 13.4. The maximum absolute atomic E-state index is 13.4. The lowest BCUT2D eigenvalue weighted by Gasteiger charge is -2.26. The van der Waals surface area contributed by atoms with Crippen LogP contribution in [0.5, 0.6) is 0 Å². The molecule has 0 saturated carbocycles.